The highest BCUT2D eigenvalue weighted by molar-refractivity contribution is 5.72. The highest BCUT2D eigenvalue weighted by Crippen LogP contribution is 2.39. The fraction of sp³-hybridized carbons (Fsp3) is 0.682. The fourth-order valence-corrected chi connectivity index (χ4v) is 4.51. The van der Waals surface area contributed by atoms with Crippen LogP contribution in [0.4, 0.5) is 0 Å². The first kappa shape index (κ1) is 21.9. The molecule has 3 rings (SSSR count). The Morgan fingerprint density at radius 3 is 2.62 bits per heavy atom. The minimum atomic E-state index is -1.12. The van der Waals surface area contributed by atoms with Gasteiger partial charge in [-0.25, -0.2) is 4.79 Å². The normalized spacial score (nSPS) is 26.9. The molecule has 7 nitrogen and oxygen atoms in total. The number of aliphatic hydroxyl groups excluding tert-OH is 1. The highest BCUT2D eigenvalue weighted by Gasteiger charge is 2.35. The summed E-state index contributed by atoms with van der Waals surface area (Å²) in [5.74, 6) is -0.732. The first-order valence-corrected chi connectivity index (χ1v) is 10.7. The van der Waals surface area contributed by atoms with E-state index in [9.17, 15) is 20.1 Å². The molecule has 4 atom stereocenters. The molecule has 0 amide bonds. The summed E-state index contributed by atoms with van der Waals surface area (Å²) in [6.45, 7) is 6.57. The third-order valence-corrected chi connectivity index (χ3v) is 5.85. The van der Waals surface area contributed by atoms with Crippen molar-refractivity contribution in [3.8, 4) is 11.5 Å². The van der Waals surface area contributed by atoms with Crippen molar-refractivity contribution < 1.29 is 29.6 Å². The van der Waals surface area contributed by atoms with Gasteiger partial charge in [0.25, 0.3) is 0 Å². The Morgan fingerprint density at radius 2 is 1.97 bits per heavy atom. The second-order valence-corrected chi connectivity index (χ2v) is 8.12. The van der Waals surface area contributed by atoms with Crippen molar-refractivity contribution in [1.82, 2.24) is 4.90 Å². The topological polar surface area (TPSA) is 99.5 Å². The summed E-state index contributed by atoms with van der Waals surface area (Å²) in [5, 5.41) is 29.6. The number of carboxylic acids is 1. The summed E-state index contributed by atoms with van der Waals surface area (Å²) in [7, 11) is 0. The number of hydrogen-bond donors (Lipinski definition) is 3. The van der Waals surface area contributed by atoms with Gasteiger partial charge in [-0.05, 0) is 56.8 Å². The van der Waals surface area contributed by atoms with Gasteiger partial charge in [-0.2, -0.15) is 0 Å². The van der Waals surface area contributed by atoms with Crippen molar-refractivity contribution in [3.63, 3.8) is 0 Å². The lowest BCUT2D eigenvalue weighted by Gasteiger charge is -2.36. The van der Waals surface area contributed by atoms with E-state index in [1.807, 2.05) is 6.07 Å². The van der Waals surface area contributed by atoms with Crippen molar-refractivity contribution in [2.24, 2.45) is 0 Å². The van der Waals surface area contributed by atoms with E-state index in [2.05, 4.69) is 18.7 Å². The van der Waals surface area contributed by atoms with Gasteiger partial charge in [-0.15, -0.1) is 0 Å². The lowest BCUT2D eigenvalue weighted by atomic mass is 9.86. The smallest absolute Gasteiger partial charge is 0.333 e. The summed E-state index contributed by atoms with van der Waals surface area (Å²) in [6, 6.07) is 4.06. The number of ether oxygens (including phenoxy) is 2. The number of phenols is 1. The zero-order valence-corrected chi connectivity index (χ0v) is 17.3. The molecule has 1 aliphatic heterocycles. The van der Waals surface area contributed by atoms with Crippen LogP contribution in [0.25, 0.3) is 0 Å². The molecule has 7 heteroatoms. The maximum absolute atomic E-state index is 11.3. The lowest BCUT2D eigenvalue weighted by molar-refractivity contribution is -0.195. The molecule has 1 fully saturated rings. The van der Waals surface area contributed by atoms with Gasteiger partial charge in [-0.1, -0.05) is 19.9 Å². The third-order valence-electron chi connectivity index (χ3n) is 5.85. The van der Waals surface area contributed by atoms with Crippen molar-refractivity contribution >= 4 is 5.97 Å². The predicted octanol–water partition coefficient (Wildman–Crippen LogP) is 2.70. The number of nitrogens with zero attached hydrogens (tertiary/aromatic N) is 1. The minimum Gasteiger partial charge on any atom is -0.504 e. The Hall–Kier alpha value is -1.83. The van der Waals surface area contributed by atoms with Crippen molar-refractivity contribution in [2.45, 2.75) is 83.3 Å². The molecule has 162 valence electrons. The SMILES string of the molecule is CCCN(CCC)C1CCc2c(ccc(O)c2OC2CC(O)C[C@@H](C(=O)O)O2)C1. The van der Waals surface area contributed by atoms with Crippen molar-refractivity contribution in [3.05, 3.63) is 23.3 Å². The predicted molar refractivity (Wildman–Crippen MR) is 108 cm³/mol. The number of carboxylic acid groups (broad SMARTS) is 1. The van der Waals surface area contributed by atoms with Gasteiger partial charge in [0.15, 0.2) is 17.6 Å². The average Bonchev–Trinajstić information content (AvgIpc) is 2.69. The molecule has 1 aromatic rings. The van der Waals surface area contributed by atoms with Crippen LogP contribution >= 0.6 is 0 Å². The van der Waals surface area contributed by atoms with E-state index in [1.54, 1.807) is 6.07 Å². The summed E-state index contributed by atoms with van der Waals surface area (Å²) in [5.41, 5.74) is 2.11. The van der Waals surface area contributed by atoms with Gasteiger partial charge >= 0.3 is 5.97 Å². The Bertz CT molecular complexity index is 703. The fourth-order valence-electron chi connectivity index (χ4n) is 4.51. The zero-order chi connectivity index (χ0) is 21.0. The van der Waals surface area contributed by atoms with Crippen molar-refractivity contribution in [1.29, 1.82) is 0 Å². The maximum atomic E-state index is 11.3. The number of hydrogen-bond acceptors (Lipinski definition) is 6. The number of aliphatic carboxylic acids is 1. The van der Waals surface area contributed by atoms with Crippen LogP contribution in [0.1, 0.15) is 57.1 Å². The number of fused-ring (bicyclic) bond motifs is 1. The van der Waals surface area contributed by atoms with Crippen LogP contribution in [0, 0.1) is 0 Å². The zero-order valence-electron chi connectivity index (χ0n) is 17.3. The molecule has 0 aromatic heterocycles. The minimum absolute atomic E-state index is 0.0247. The van der Waals surface area contributed by atoms with Gasteiger partial charge < -0.3 is 29.7 Å². The Kier molecular flexibility index (Phi) is 7.38. The summed E-state index contributed by atoms with van der Waals surface area (Å²) in [6.07, 6.45) is 2.33. The first-order valence-electron chi connectivity index (χ1n) is 10.7. The van der Waals surface area contributed by atoms with E-state index in [0.29, 0.717) is 11.8 Å². The molecule has 3 unspecified atom stereocenters. The summed E-state index contributed by atoms with van der Waals surface area (Å²) in [4.78, 5) is 13.8. The van der Waals surface area contributed by atoms with E-state index in [4.69, 9.17) is 9.47 Å². The van der Waals surface area contributed by atoms with Crippen LogP contribution in [0.15, 0.2) is 12.1 Å². The van der Waals surface area contributed by atoms with Gasteiger partial charge in [0.05, 0.1) is 6.10 Å². The second-order valence-electron chi connectivity index (χ2n) is 8.12. The number of phenolic OH excluding ortho intramolecular Hbond substituents is 1. The monoisotopic (exact) mass is 407 g/mol. The molecule has 1 saturated heterocycles. The number of carbonyl (C=O) groups is 1. The van der Waals surface area contributed by atoms with Crippen LogP contribution in [-0.2, 0) is 22.4 Å². The maximum Gasteiger partial charge on any atom is 0.333 e. The number of aliphatic hydroxyl groups is 1. The molecule has 1 aromatic carbocycles. The molecule has 2 aliphatic rings. The average molecular weight is 408 g/mol. The van der Waals surface area contributed by atoms with E-state index in [-0.39, 0.29) is 18.6 Å². The largest absolute Gasteiger partial charge is 0.504 e. The van der Waals surface area contributed by atoms with E-state index in [0.717, 1.165) is 56.3 Å². The van der Waals surface area contributed by atoms with Gasteiger partial charge in [0, 0.05) is 24.4 Å². The molecular formula is C22H33NO6. The standard InChI is InChI=1S/C22H33NO6/c1-3-9-23(10-4-2)15-6-7-17-14(11-15)5-8-18(25)21(17)29-20-13-16(24)12-19(28-20)22(26)27/h5,8,15-16,19-20,24-25H,3-4,6-7,9-13H2,1-2H3,(H,26,27)/t15?,16?,19-,20?/m0/s1. The molecule has 0 saturated carbocycles. The molecule has 1 heterocycles. The third kappa shape index (κ3) is 5.21. The molecule has 3 N–H and O–H groups in total. The number of rotatable bonds is 8. The molecule has 0 radical (unpaired) electrons. The quantitative estimate of drug-likeness (QED) is 0.609. The van der Waals surface area contributed by atoms with Crippen LogP contribution < -0.4 is 4.74 Å². The molecule has 1 aliphatic carbocycles. The number of aromatic hydroxyl groups is 1. The van der Waals surface area contributed by atoms with E-state index >= 15 is 0 Å². The van der Waals surface area contributed by atoms with E-state index in [1.165, 1.54) is 0 Å². The van der Waals surface area contributed by atoms with Gasteiger partial charge in [-0.3, -0.25) is 0 Å². The second kappa shape index (κ2) is 9.78. The molecule has 0 bridgehead atoms. The Balaban J connectivity index is 1.77. The molecule has 0 spiro atoms. The summed E-state index contributed by atoms with van der Waals surface area (Å²) >= 11 is 0. The van der Waals surface area contributed by atoms with Crippen LogP contribution in [0.3, 0.4) is 0 Å². The highest BCUT2D eigenvalue weighted by atomic mass is 16.7. The molecular weight excluding hydrogens is 374 g/mol. The van der Waals surface area contributed by atoms with Gasteiger partial charge in [0.2, 0.25) is 6.29 Å². The van der Waals surface area contributed by atoms with Gasteiger partial charge in [0.1, 0.15) is 0 Å². The van der Waals surface area contributed by atoms with Crippen LogP contribution in [-0.4, -0.2) is 63.8 Å². The Labute approximate surface area is 172 Å². The van der Waals surface area contributed by atoms with Crippen LogP contribution in [0.2, 0.25) is 0 Å². The first-order chi connectivity index (χ1) is 13.9. The molecule has 29 heavy (non-hydrogen) atoms. The van der Waals surface area contributed by atoms with Crippen LogP contribution in [0.5, 0.6) is 11.5 Å². The Morgan fingerprint density at radius 1 is 1.24 bits per heavy atom. The lowest BCUT2D eigenvalue weighted by Crippen LogP contribution is -2.43. The van der Waals surface area contributed by atoms with E-state index < -0.39 is 24.5 Å². The summed E-state index contributed by atoms with van der Waals surface area (Å²) < 4.78 is 11.4. The van der Waals surface area contributed by atoms with Crippen molar-refractivity contribution in [2.75, 3.05) is 13.1 Å². The number of benzene rings is 1.